The van der Waals surface area contributed by atoms with E-state index in [0.29, 0.717) is 5.92 Å². The minimum Gasteiger partial charge on any atom is -0.390 e. The summed E-state index contributed by atoms with van der Waals surface area (Å²) >= 11 is 0. The van der Waals surface area contributed by atoms with E-state index in [1.54, 1.807) is 11.1 Å². The molecule has 1 fully saturated rings. The first-order valence-corrected chi connectivity index (χ1v) is 6.80. The molecule has 1 saturated carbocycles. The van der Waals surface area contributed by atoms with Crippen LogP contribution < -0.4 is 0 Å². The Balaban J connectivity index is 2.23. The highest BCUT2D eigenvalue weighted by molar-refractivity contribution is 5.23. The predicted molar refractivity (Wildman–Crippen MR) is 68.2 cm³/mol. The Morgan fingerprint density at radius 2 is 1.88 bits per heavy atom. The molecular formula is C15H26O. The first-order valence-electron chi connectivity index (χ1n) is 6.80. The standard InChI is InChI=1S/C15H26O/c1-10-5-7-12(15(3,4)16)9-14-11(2)6-8-13(10)14/h10,12-13,16H,5-9H2,1-4H3. The van der Waals surface area contributed by atoms with Crippen molar-refractivity contribution in [2.24, 2.45) is 17.8 Å². The third-order valence-electron chi connectivity index (χ3n) is 4.95. The van der Waals surface area contributed by atoms with Gasteiger partial charge in [0.05, 0.1) is 5.60 Å². The molecule has 2 aliphatic rings. The van der Waals surface area contributed by atoms with E-state index in [2.05, 4.69) is 13.8 Å². The second-order valence-electron chi connectivity index (χ2n) is 6.56. The van der Waals surface area contributed by atoms with Crippen molar-refractivity contribution in [2.45, 2.75) is 65.4 Å². The second kappa shape index (κ2) is 4.18. The molecule has 0 amide bonds. The monoisotopic (exact) mass is 222 g/mol. The molecule has 0 aromatic heterocycles. The van der Waals surface area contributed by atoms with E-state index >= 15 is 0 Å². The Morgan fingerprint density at radius 1 is 1.19 bits per heavy atom. The fraction of sp³-hybridized carbons (Fsp3) is 0.867. The summed E-state index contributed by atoms with van der Waals surface area (Å²) in [6, 6.07) is 0. The van der Waals surface area contributed by atoms with Crippen molar-refractivity contribution in [3.05, 3.63) is 11.1 Å². The number of allylic oxidation sites excluding steroid dienone is 2. The normalized spacial score (nSPS) is 36.2. The molecule has 1 N–H and O–H groups in total. The highest BCUT2D eigenvalue weighted by atomic mass is 16.3. The lowest BCUT2D eigenvalue weighted by atomic mass is 9.82. The van der Waals surface area contributed by atoms with Gasteiger partial charge in [-0.2, -0.15) is 0 Å². The van der Waals surface area contributed by atoms with Gasteiger partial charge in [0.25, 0.3) is 0 Å². The molecule has 0 saturated heterocycles. The van der Waals surface area contributed by atoms with Gasteiger partial charge in [0, 0.05) is 0 Å². The minimum atomic E-state index is -0.509. The van der Waals surface area contributed by atoms with E-state index < -0.39 is 5.60 Å². The SMILES string of the molecule is CC1=C2CC(C(C)(C)O)CCC(C)C2CC1. The summed E-state index contributed by atoms with van der Waals surface area (Å²) < 4.78 is 0. The quantitative estimate of drug-likeness (QED) is 0.667. The number of rotatable bonds is 1. The number of hydrogen-bond donors (Lipinski definition) is 1. The van der Waals surface area contributed by atoms with Crippen molar-refractivity contribution >= 4 is 0 Å². The van der Waals surface area contributed by atoms with Gasteiger partial charge in [-0.1, -0.05) is 18.1 Å². The van der Waals surface area contributed by atoms with Crippen LogP contribution in [-0.4, -0.2) is 10.7 Å². The summed E-state index contributed by atoms with van der Waals surface area (Å²) in [7, 11) is 0. The third kappa shape index (κ3) is 2.20. The van der Waals surface area contributed by atoms with Crippen molar-refractivity contribution in [3.63, 3.8) is 0 Å². The summed E-state index contributed by atoms with van der Waals surface area (Å²) in [5.74, 6) is 2.11. The molecule has 1 heteroatoms. The molecule has 0 heterocycles. The highest BCUT2D eigenvalue weighted by Crippen LogP contribution is 2.46. The molecule has 3 atom stereocenters. The van der Waals surface area contributed by atoms with Crippen LogP contribution in [0, 0.1) is 17.8 Å². The zero-order valence-electron chi connectivity index (χ0n) is 11.2. The maximum absolute atomic E-state index is 10.2. The Hall–Kier alpha value is -0.300. The topological polar surface area (TPSA) is 20.2 Å². The van der Waals surface area contributed by atoms with Gasteiger partial charge in [-0.25, -0.2) is 0 Å². The molecule has 0 spiro atoms. The van der Waals surface area contributed by atoms with Crippen molar-refractivity contribution < 1.29 is 5.11 Å². The van der Waals surface area contributed by atoms with Crippen molar-refractivity contribution in [3.8, 4) is 0 Å². The molecule has 1 nitrogen and oxygen atoms in total. The molecule has 92 valence electrons. The molecule has 3 unspecified atom stereocenters. The molecule has 2 aliphatic carbocycles. The summed E-state index contributed by atoms with van der Waals surface area (Å²) in [6.45, 7) is 8.66. The molecule has 2 rings (SSSR count). The summed E-state index contributed by atoms with van der Waals surface area (Å²) in [5, 5.41) is 10.2. The molecular weight excluding hydrogens is 196 g/mol. The lowest BCUT2D eigenvalue weighted by Gasteiger charge is -2.29. The van der Waals surface area contributed by atoms with Crippen LogP contribution in [-0.2, 0) is 0 Å². The number of fused-ring (bicyclic) bond motifs is 1. The van der Waals surface area contributed by atoms with Gasteiger partial charge in [0.2, 0.25) is 0 Å². The summed E-state index contributed by atoms with van der Waals surface area (Å²) in [4.78, 5) is 0. The van der Waals surface area contributed by atoms with Crippen LogP contribution in [0.2, 0.25) is 0 Å². The van der Waals surface area contributed by atoms with E-state index in [1.165, 1.54) is 25.7 Å². The fourth-order valence-corrected chi connectivity index (χ4v) is 3.61. The number of aliphatic hydroxyl groups is 1. The van der Waals surface area contributed by atoms with Gasteiger partial charge in [-0.3, -0.25) is 0 Å². The zero-order chi connectivity index (χ0) is 11.9. The Kier molecular flexibility index (Phi) is 3.18. The highest BCUT2D eigenvalue weighted by Gasteiger charge is 2.37. The van der Waals surface area contributed by atoms with Crippen molar-refractivity contribution in [2.75, 3.05) is 0 Å². The van der Waals surface area contributed by atoms with Gasteiger partial charge >= 0.3 is 0 Å². The second-order valence-corrected chi connectivity index (χ2v) is 6.56. The smallest absolute Gasteiger partial charge is 0.0622 e. The Labute approximate surface area is 99.9 Å². The fourth-order valence-electron chi connectivity index (χ4n) is 3.61. The van der Waals surface area contributed by atoms with Gasteiger partial charge in [-0.05, 0) is 70.6 Å². The first-order chi connectivity index (χ1) is 7.39. The molecule has 0 aliphatic heterocycles. The summed E-state index contributed by atoms with van der Waals surface area (Å²) in [6.07, 6.45) is 6.28. The van der Waals surface area contributed by atoms with Crippen LogP contribution in [0.25, 0.3) is 0 Å². The average Bonchev–Trinajstić information content (AvgIpc) is 2.42. The maximum atomic E-state index is 10.2. The van der Waals surface area contributed by atoms with E-state index in [4.69, 9.17) is 0 Å². The van der Waals surface area contributed by atoms with Gasteiger partial charge in [-0.15, -0.1) is 0 Å². The Bertz CT molecular complexity index is 295. The number of hydrogen-bond acceptors (Lipinski definition) is 1. The largest absolute Gasteiger partial charge is 0.390 e. The van der Waals surface area contributed by atoms with E-state index in [9.17, 15) is 5.11 Å². The van der Waals surface area contributed by atoms with Crippen molar-refractivity contribution in [1.82, 2.24) is 0 Å². The first kappa shape index (κ1) is 12.2. The molecule has 16 heavy (non-hydrogen) atoms. The van der Waals surface area contributed by atoms with Crippen LogP contribution in [0.1, 0.15) is 59.8 Å². The van der Waals surface area contributed by atoms with E-state index in [1.807, 2.05) is 13.8 Å². The van der Waals surface area contributed by atoms with Crippen molar-refractivity contribution in [1.29, 1.82) is 0 Å². The van der Waals surface area contributed by atoms with E-state index in [0.717, 1.165) is 18.3 Å². The lowest BCUT2D eigenvalue weighted by Crippen LogP contribution is -2.30. The minimum absolute atomic E-state index is 0.461. The molecule has 0 bridgehead atoms. The molecule has 0 radical (unpaired) electrons. The van der Waals surface area contributed by atoms with Crippen LogP contribution in [0.15, 0.2) is 11.1 Å². The van der Waals surface area contributed by atoms with Crippen LogP contribution >= 0.6 is 0 Å². The molecule has 0 aromatic rings. The van der Waals surface area contributed by atoms with Gasteiger partial charge < -0.3 is 5.11 Å². The van der Waals surface area contributed by atoms with Gasteiger partial charge in [0.1, 0.15) is 0 Å². The third-order valence-corrected chi connectivity index (χ3v) is 4.95. The maximum Gasteiger partial charge on any atom is 0.0622 e. The van der Waals surface area contributed by atoms with Crippen LogP contribution in [0.5, 0.6) is 0 Å². The van der Waals surface area contributed by atoms with Gasteiger partial charge in [0.15, 0.2) is 0 Å². The summed E-state index contributed by atoms with van der Waals surface area (Å²) in [5.41, 5.74) is 2.80. The van der Waals surface area contributed by atoms with E-state index in [-0.39, 0.29) is 0 Å². The van der Waals surface area contributed by atoms with Crippen LogP contribution in [0.3, 0.4) is 0 Å². The van der Waals surface area contributed by atoms with Crippen LogP contribution in [0.4, 0.5) is 0 Å². The Morgan fingerprint density at radius 3 is 2.50 bits per heavy atom. The lowest BCUT2D eigenvalue weighted by molar-refractivity contribution is 0.0133. The zero-order valence-corrected chi connectivity index (χ0v) is 11.2. The predicted octanol–water partition coefficient (Wildman–Crippen LogP) is 3.92. The average molecular weight is 222 g/mol. The molecule has 0 aromatic carbocycles.